The molecule has 0 aliphatic heterocycles. The molecule has 1 saturated carbocycles. The first-order valence-electron chi connectivity index (χ1n) is 6.30. The summed E-state index contributed by atoms with van der Waals surface area (Å²) in [5, 5.41) is 3.93. The molecule has 2 rings (SSSR count). The predicted molar refractivity (Wildman–Crippen MR) is 76.6 cm³/mol. The van der Waals surface area contributed by atoms with E-state index < -0.39 is 0 Å². The molecule has 1 aromatic rings. The maximum absolute atomic E-state index is 5.85. The number of halogens is 2. The van der Waals surface area contributed by atoms with Crippen LogP contribution in [0.4, 0.5) is 5.69 Å². The highest BCUT2D eigenvalue weighted by Gasteiger charge is 2.12. The van der Waals surface area contributed by atoms with Crippen LogP contribution in [0.15, 0.2) is 16.7 Å². The molecule has 0 spiro atoms. The van der Waals surface area contributed by atoms with Gasteiger partial charge in [-0.25, -0.2) is 4.98 Å². The molecule has 1 heterocycles. The summed E-state index contributed by atoms with van der Waals surface area (Å²) in [6, 6.07) is 1.98. The SMILES string of the molecule is Clc1ncc(NCCC2CCCCC2)cc1Br. The number of anilines is 1. The first-order valence-corrected chi connectivity index (χ1v) is 7.48. The van der Waals surface area contributed by atoms with E-state index in [1.165, 1.54) is 38.5 Å². The van der Waals surface area contributed by atoms with Gasteiger partial charge in [0, 0.05) is 6.54 Å². The third kappa shape index (κ3) is 4.14. The summed E-state index contributed by atoms with van der Waals surface area (Å²) >= 11 is 9.23. The second kappa shape index (κ2) is 6.60. The molecule has 1 fully saturated rings. The maximum atomic E-state index is 5.85. The lowest BCUT2D eigenvalue weighted by atomic mass is 9.87. The van der Waals surface area contributed by atoms with Crippen LogP contribution in [0.25, 0.3) is 0 Å². The van der Waals surface area contributed by atoms with E-state index in [1.54, 1.807) is 6.20 Å². The minimum atomic E-state index is 0.517. The Hall–Kier alpha value is -0.280. The van der Waals surface area contributed by atoms with Gasteiger partial charge in [-0.1, -0.05) is 43.7 Å². The van der Waals surface area contributed by atoms with Crippen LogP contribution < -0.4 is 5.32 Å². The fourth-order valence-corrected chi connectivity index (χ4v) is 2.87. The Kier molecular flexibility index (Phi) is 5.11. The first-order chi connectivity index (χ1) is 8.25. The molecule has 0 atom stereocenters. The molecule has 2 nitrogen and oxygen atoms in total. The average molecular weight is 318 g/mol. The molecule has 0 radical (unpaired) electrons. The summed E-state index contributed by atoms with van der Waals surface area (Å²) in [5.41, 5.74) is 1.04. The summed E-state index contributed by atoms with van der Waals surface area (Å²) in [5.74, 6) is 0.917. The van der Waals surface area contributed by atoms with E-state index in [4.69, 9.17) is 11.6 Å². The zero-order chi connectivity index (χ0) is 12.1. The van der Waals surface area contributed by atoms with Gasteiger partial charge in [0.05, 0.1) is 16.4 Å². The van der Waals surface area contributed by atoms with Crippen molar-refractivity contribution in [2.45, 2.75) is 38.5 Å². The largest absolute Gasteiger partial charge is 0.384 e. The molecule has 0 bridgehead atoms. The zero-order valence-electron chi connectivity index (χ0n) is 9.88. The highest BCUT2D eigenvalue weighted by atomic mass is 79.9. The minimum absolute atomic E-state index is 0.517. The third-order valence-electron chi connectivity index (χ3n) is 3.40. The fourth-order valence-electron chi connectivity index (χ4n) is 2.41. The van der Waals surface area contributed by atoms with Crippen molar-refractivity contribution in [3.05, 3.63) is 21.9 Å². The Morgan fingerprint density at radius 1 is 1.35 bits per heavy atom. The molecule has 0 amide bonds. The van der Waals surface area contributed by atoms with Crippen LogP contribution in [0, 0.1) is 5.92 Å². The molecule has 0 saturated heterocycles. The fraction of sp³-hybridized carbons (Fsp3) is 0.615. The van der Waals surface area contributed by atoms with Gasteiger partial charge in [0.15, 0.2) is 0 Å². The second-order valence-corrected chi connectivity index (χ2v) is 5.93. The van der Waals surface area contributed by atoms with Crippen molar-refractivity contribution in [2.75, 3.05) is 11.9 Å². The molecule has 94 valence electrons. The second-order valence-electron chi connectivity index (χ2n) is 4.72. The molecule has 1 aliphatic rings. The van der Waals surface area contributed by atoms with Crippen LogP contribution >= 0.6 is 27.5 Å². The van der Waals surface area contributed by atoms with Crippen molar-refractivity contribution < 1.29 is 0 Å². The summed E-state index contributed by atoms with van der Waals surface area (Å²) in [7, 11) is 0. The Morgan fingerprint density at radius 2 is 2.12 bits per heavy atom. The molecule has 0 unspecified atom stereocenters. The van der Waals surface area contributed by atoms with Gasteiger partial charge in [-0.2, -0.15) is 0 Å². The van der Waals surface area contributed by atoms with E-state index >= 15 is 0 Å². The number of nitrogens with one attached hydrogen (secondary N) is 1. The molecule has 1 aliphatic carbocycles. The van der Waals surface area contributed by atoms with E-state index in [1.807, 2.05) is 6.07 Å². The van der Waals surface area contributed by atoms with Crippen molar-refractivity contribution >= 4 is 33.2 Å². The van der Waals surface area contributed by atoms with Crippen LogP contribution in [-0.4, -0.2) is 11.5 Å². The Morgan fingerprint density at radius 3 is 2.82 bits per heavy atom. The van der Waals surface area contributed by atoms with E-state index in [0.29, 0.717) is 5.15 Å². The van der Waals surface area contributed by atoms with Gasteiger partial charge in [0.2, 0.25) is 0 Å². The minimum Gasteiger partial charge on any atom is -0.384 e. The van der Waals surface area contributed by atoms with Crippen LogP contribution in [0.3, 0.4) is 0 Å². The highest BCUT2D eigenvalue weighted by molar-refractivity contribution is 9.10. The molecule has 1 N–H and O–H groups in total. The zero-order valence-corrected chi connectivity index (χ0v) is 12.2. The number of hydrogen-bond donors (Lipinski definition) is 1. The summed E-state index contributed by atoms with van der Waals surface area (Å²) in [4.78, 5) is 4.10. The molecule has 0 aromatic carbocycles. The van der Waals surface area contributed by atoms with Gasteiger partial charge < -0.3 is 5.32 Å². The van der Waals surface area contributed by atoms with E-state index in [2.05, 4.69) is 26.2 Å². The monoisotopic (exact) mass is 316 g/mol. The summed E-state index contributed by atoms with van der Waals surface area (Å²) in [6.07, 6.45) is 10.1. The summed E-state index contributed by atoms with van der Waals surface area (Å²) in [6.45, 7) is 1.03. The quantitative estimate of drug-likeness (QED) is 0.801. The maximum Gasteiger partial charge on any atom is 0.143 e. The van der Waals surface area contributed by atoms with Gasteiger partial charge in [0.1, 0.15) is 5.15 Å². The van der Waals surface area contributed by atoms with E-state index in [9.17, 15) is 0 Å². The Labute approximate surface area is 116 Å². The van der Waals surface area contributed by atoms with Crippen LogP contribution in [0.1, 0.15) is 38.5 Å². The topological polar surface area (TPSA) is 24.9 Å². The number of pyridine rings is 1. The van der Waals surface area contributed by atoms with Crippen LogP contribution in [-0.2, 0) is 0 Å². The van der Waals surface area contributed by atoms with Gasteiger partial charge >= 0.3 is 0 Å². The van der Waals surface area contributed by atoms with Gasteiger partial charge in [0.25, 0.3) is 0 Å². The van der Waals surface area contributed by atoms with Gasteiger partial charge in [-0.3, -0.25) is 0 Å². The lowest BCUT2D eigenvalue weighted by Crippen LogP contribution is -2.12. The van der Waals surface area contributed by atoms with Crippen molar-refractivity contribution in [1.82, 2.24) is 4.98 Å². The molecule has 17 heavy (non-hydrogen) atoms. The Bertz CT molecular complexity index is 364. The molecule has 4 heteroatoms. The van der Waals surface area contributed by atoms with E-state index in [0.717, 1.165) is 22.6 Å². The van der Waals surface area contributed by atoms with Crippen molar-refractivity contribution in [3.8, 4) is 0 Å². The van der Waals surface area contributed by atoms with Crippen LogP contribution in [0.2, 0.25) is 5.15 Å². The number of hydrogen-bond acceptors (Lipinski definition) is 2. The van der Waals surface area contributed by atoms with Crippen molar-refractivity contribution in [3.63, 3.8) is 0 Å². The Balaban J connectivity index is 1.75. The van der Waals surface area contributed by atoms with Gasteiger partial charge in [-0.05, 0) is 34.3 Å². The number of nitrogens with zero attached hydrogens (tertiary/aromatic N) is 1. The molecular weight excluding hydrogens is 300 g/mol. The summed E-state index contributed by atoms with van der Waals surface area (Å²) < 4.78 is 0.849. The normalized spacial score (nSPS) is 17.1. The highest BCUT2D eigenvalue weighted by Crippen LogP contribution is 2.27. The first kappa shape index (κ1) is 13.2. The lowest BCUT2D eigenvalue weighted by Gasteiger charge is -2.21. The average Bonchev–Trinajstić information content (AvgIpc) is 2.35. The molecular formula is C13H18BrClN2. The van der Waals surface area contributed by atoms with Gasteiger partial charge in [-0.15, -0.1) is 0 Å². The smallest absolute Gasteiger partial charge is 0.143 e. The van der Waals surface area contributed by atoms with E-state index in [-0.39, 0.29) is 0 Å². The number of aromatic nitrogens is 1. The van der Waals surface area contributed by atoms with Crippen molar-refractivity contribution in [1.29, 1.82) is 0 Å². The third-order valence-corrected chi connectivity index (χ3v) is 4.54. The van der Waals surface area contributed by atoms with Crippen molar-refractivity contribution in [2.24, 2.45) is 5.92 Å². The predicted octanol–water partition coefficient (Wildman–Crippen LogP) is 4.88. The standard InChI is InChI=1S/C13H18BrClN2/c14-12-8-11(9-17-13(12)15)16-7-6-10-4-2-1-3-5-10/h8-10,16H,1-7H2. The lowest BCUT2D eigenvalue weighted by molar-refractivity contribution is 0.345. The molecule has 1 aromatic heterocycles. The van der Waals surface area contributed by atoms with Crippen LogP contribution in [0.5, 0.6) is 0 Å². The number of rotatable bonds is 4.